The highest BCUT2D eigenvalue weighted by Crippen LogP contribution is 2.37. The minimum Gasteiger partial charge on any atom is -0.490 e. The van der Waals surface area contributed by atoms with Crippen LogP contribution in [0.25, 0.3) is 0 Å². The maximum absolute atomic E-state index is 12.2. The number of carbonyl (C=O) groups excluding carboxylic acids is 1. The second kappa shape index (κ2) is 9.22. The monoisotopic (exact) mass is 392 g/mol. The van der Waals surface area contributed by atoms with Gasteiger partial charge in [0.05, 0.1) is 24.8 Å². The van der Waals surface area contributed by atoms with Crippen molar-refractivity contribution in [1.82, 2.24) is 5.32 Å². The molecule has 1 aliphatic rings. The van der Waals surface area contributed by atoms with Crippen molar-refractivity contribution in [3.63, 3.8) is 0 Å². The number of benzene rings is 1. The van der Waals surface area contributed by atoms with Gasteiger partial charge in [-0.3, -0.25) is 4.79 Å². The van der Waals surface area contributed by atoms with Crippen LogP contribution in [0.1, 0.15) is 20.3 Å². The Hall–Kier alpha value is -0.980. The third-order valence-electron chi connectivity index (χ3n) is 3.32. The van der Waals surface area contributed by atoms with Crippen LogP contribution in [0.15, 0.2) is 16.6 Å². The van der Waals surface area contributed by atoms with Gasteiger partial charge in [-0.15, -0.1) is 12.4 Å². The zero-order chi connectivity index (χ0) is 15.2. The summed E-state index contributed by atoms with van der Waals surface area (Å²) in [4.78, 5) is 12.2. The average molecular weight is 394 g/mol. The third-order valence-corrected chi connectivity index (χ3v) is 3.98. The minimum atomic E-state index is 0. The Kier molecular flexibility index (Phi) is 8.00. The van der Waals surface area contributed by atoms with Crippen LogP contribution in [0.3, 0.4) is 0 Å². The van der Waals surface area contributed by atoms with Crippen LogP contribution in [0.5, 0.6) is 11.5 Å². The third kappa shape index (κ3) is 4.76. The highest BCUT2D eigenvalue weighted by Gasteiger charge is 2.23. The van der Waals surface area contributed by atoms with Gasteiger partial charge in [0, 0.05) is 23.2 Å². The molecule has 1 heterocycles. The van der Waals surface area contributed by atoms with Crippen LogP contribution in [0.4, 0.5) is 5.69 Å². The lowest BCUT2D eigenvalue weighted by atomic mass is 10.1. The van der Waals surface area contributed by atoms with Crippen LogP contribution in [-0.2, 0) is 4.79 Å². The summed E-state index contributed by atoms with van der Waals surface area (Å²) in [6.07, 6.45) is 0.874. The van der Waals surface area contributed by atoms with Gasteiger partial charge in [-0.2, -0.15) is 0 Å². The van der Waals surface area contributed by atoms with Crippen molar-refractivity contribution in [2.24, 2.45) is 5.92 Å². The van der Waals surface area contributed by atoms with Gasteiger partial charge in [0.2, 0.25) is 5.91 Å². The van der Waals surface area contributed by atoms with Gasteiger partial charge in [-0.25, -0.2) is 0 Å². The molecule has 1 aromatic carbocycles. The van der Waals surface area contributed by atoms with E-state index in [9.17, 15) is 4.79 Å². The van der Waals surface area contributed by atoms with E-state index in [1.54, 1.807) is 6.07 Å². The molecule has 0 bridgehead atoms. The molecule has 1 aromatic rings. The summed E-state index contributed by atoms with van der Waals surface area (Å²) in [6.45, 7) is 6.58. The van der Waals surface area contributed by atoms with E-state index >= 15 is 0 Å². The van der Waals surface area contributed by atoms with Crippen LogP contribution in [0.2, 0.25) is 0 Å². The van der Waals surface area contributed by atoms with Gasteiger partial charge in [-0.1, -0.05) is 0 Å². The van der Waals surface area contributed by atoms with Gasteiger partial charge in [0.15, 0.2) is 11.5 Å². The van der Waals surface area contributed by atoms with Crippen molar-refractivity contribution in [3.8, 4) is 11.5 Å². The molecule has 0 aromatic heterocycles. The molecule has 7 heteroatoms. The second-order valence-corrected chi connectivity index (χ2v) is 5.68. The Morgan fingerprint density at radius 2 is 1.95 bits per heavy atom. The van der Waals surface area contributed by atoms with E-state index < -0.39 is 0 Å². The van der Waals surface area contributed by atoms with Crippen molar-refractivity contribution >= 4 is 39.9 Å². The van der Waals surface area contributed by atoms with E-state index in [2.05, 4.69) is 26.6 Å². The fraction of sp³-hybridized carbons (Fsp3) is 0.533. The van der Waals surface area contributed by atoms with E-state index in [1.807, 2.05) is 19.9 Å². The first-order chi connectivity index (χ1) is 10.2. The molecule has 5 nitrogen and oxygen atoms in total. The molecule has 0 aliphatic carbocycles. The number of rotatable bonds is 6. The zero-order valence-corrected chi connectivity index (χ0v) is 15.2. The molecule has 0 spiro atoms. The van der Waals surface area contributed by atoms with Gasteiger partial charge in [0.25, 0.3) is 0 Å². The van der Waals surface area contributed by atoms with E-state index in [-0.39, 0.29) is 24.2 Å². The molecule has 1 atom stereocenters. The average Bonchev–Trinajstić information content (AvgIpc) is 2.98. The number of nitrogens with one attached hydrogen (secondary N) is 2. The molecule has 124 valence electrons. The summed E-state index contributed by atoms with van der Waals surface area (Å²) in [5.74, 6) is 1.38. The van der Waals surface area contributed by atoms with Gasteiger partial charge in [-0.05, 0) is 42.7 Å². The SMILES string of the molecule is CCOc1cc(Br)c(NC(=O)C2CCNC2)cc1OCC.Cl. The number of hydrogen-bond acceptors (Lipinski definition) is 4. The van der Waals surface area contributed by atoms with Gasteiger partial charge >= 0.3 is 0 Å². The molecule has 1 unspecified atom stereocenters. The molecule has 0 radical (unpaired) electrons. The summed E-state index contributed by atoms with van der Waals surface area (Å²) >= 11 is 3.47. The topological polar surface area (TPSA) is 59.6 Å². The maximum Gasteiger partial charge on any atom is 0.228 e. The molecule has 2 N–H and O–H groups in total. The lowest BCUT2D eigenvalue weighted by Crippen LogP contribution is -2.24. The number of halogens is 2. The highest BCUT2D eigenvalue weighted by molar-refractivity contribution is 9.10. The Bertz CT molecular complexity index is 508. The molecule has 1 amide bonds. The highest BCUT2D eigenvalue weighted by atomic mass is 79.9. The fourth-order valence-corrected chi connectivity index (χ4v) is 2.70. The molecule has 22 heavy (non-hydrogen) atoms. The first-order valence-corrected chi connectivity index (χ1v) is 8.05. The summed E-state index contributed by atoms with van der Waals surface area (Å²) < 4.78 is 11.9. The Morgan fingerprint density at radius 1 is 1.32 bits per heavy atom. The van der Waals surface area contributed by atoms with Crippen molar-refractivity contribution in [3.05, 3.63) is 16.6 Å². The molecular formula is C15H22BrClN2O3. The van der Waals surface area contributed by atoms with Crippen molar-refractivity contribution in [1.29, 1.82) is 0 Å². The van der Waals surface area contributed by atoms with Gasteiger partial charge < -0.3 is 20.1 Å². The predicted molar refractivity (Wildman–Crippen MR) is 93.3 cm³/mol. The summed E-state index contributed by atoms with van der Waals surface area (Å²) in [7, 11) is 0. The number of amides is 1. The Labute approximate surface area is 145 Å². The number of ether oxygens (including phenoxy) is 2. The van der Waals surface area contributed by atoms with Gasteiger partial charge in [0.1, 0.15) is 0 Å². The Balaban J connectivity index is 0.00000242. The van der Waals surface area contributed by atoms with E-state index in [0.717, 1.165) is 24.0 Å². The summed E-state index contributed by atoms with van der Waals surface area (Å²) in [5.41, 5.74) is 0.707. The quantitative estimate of drug-likeness (QED) is 0.779. The summed E-state index contributed by atoms with van der Waals surface area (Å²) in [6, 6.07) is 3.63. The lowest BCUT2D eigenvalue weighted by molar-refractivity contribution is -0.119. The van der Waals surface area contributed by atoms with E-state index in [1.165, 1.54) is 0 Å². The molecular weight excluding hydrogens is 372 g/mol. The zero-order valence-electron chi connectivity index (χ0n) is 12.8. The van der Waals surface area contributed by atoms with Crippen molar-refractivity contribution < 1.29 is 14.3 Å². The second-order valence-electron chi connectivity index (χ2n) is 4.82. The number of hydrogen-bond donors (Lipinski definition) is 2. The number of carbonyl (C=O) groups is 1. The first kappa shape index (κ1) is 19.1. The van der Waals surface area contributed by atoms with Crippen LogP contribution < -0.4 is 20.1 Å². The molecule has 1 aliphatic heterocycles. The van der Waals surface area contributed by atoms with Crippen LogP contribution in [-0.4, -0.2) is 32.2 Å². The van der Waals surface area contributed by atoms with Crippen LogP contribution >= 0.6 is 28.3 Å². The van der Waals surface area contributed by atoms with E-state index in [4.69, 9.17) is 9.47 Å². The van der Waals surface area contributed by atoms with Crippen molar-refractivity contribution in [2.75, 3.05) is 31.6 Å². The van der Waals surface area contributed by atoms with Crippen LogP contribution in [0, 0.1) is 5.92 Å². The maximum atomic E-state index is 12.2. The molecule has 1 fully saturated rings. The summed E-state index contributed by atoms with van der Waals surface area (Å²) in [5, 5.41) is 6.15. The molecule has 2 rings (SSSR count). The normalized spacial score (nSPS) is 16.8. The standard InChI is InChI=1S/C15H21BrN2O3.ClH/c1-3-20-13-7-11(16)12(8-14(13)21-4-2)18-15(19)10-5-6-17-9-10;/h7-8,10,17H,3-6,9H2,1-2H3,(H,18,19);1H. The fourth-order valence-electron chi connectivity index (χ4n) is 2.28. The molecule has 1 saturated heterocycles. The lowest BCUT2D eigenvalue weighted by Gasteiger charge is -2.16. The smallest absolute Gasteiger partial charge is 0.228 e. The van der Waals surface area contributed by atoms with Crippen molar-refractivity contribution in [2.45, 2.75) is 20.3 Å². The predicted octanol–water partition coefficient (Wildman–Crippen LogP) is 3.22. The first-order valence-electron chi connectivity index (χ1n) is 7.26. The largest absolute Gasteiger partial charge is 0.490 e. The van der Waals surface area contributed by atoms with E-state index in [0.29, 0.717) is 30.4 Å². The molecule has 0 saturated carbocycles. The Morgan fingerprint density at radius 3 is 2.50 bits per heavy atom. The number of anilines is 1. The minimum absolute atomic E-state index is 0.